The lowest BCUT2D eigenvalue weighted by molar-refractivity contribution is -0.119. The molecule has 1 aliphatic carbocycles. The number of nitrogens with one attached hydrogen (secondary N) is 2. The van der Waals surface area contributed by atoms with Crippen molar-refractivity contribution in [3.8, 4) is 11.3 Å². The number of imide groups is 1. The smallest absolute Gasteiger partial charge is 0.321 e. The number of carbonyl (C=O) groups excluding carboxylic acids is 2. The van der Waals surface area contributed by atoms with Crippen molar-refractivity contribution in [1.29, 1.82) is 0 Å². The number of hydrogen-bond donors (Lipinski definition) is 2. The van der Waals surface area contributed by atoms with Gasteiger partial charge in [-0.25, -0.2) is 9.78 Å². The highest BCUT2D eigenvalue weighted by molar-refractivity contribution is 7.99. The van der Waals surface area contributed by atoms with Crippen LogP contribution in [-0.4, -0.2) is 27.2 Å². The lowest BCUT2D eigenvalue weighted by atomic mass is 10.2. The van der Waals surface area contributed by atoms with Gasteiger partial charge in [-0.1, -0.05) is 72.4 Å². The Labute approximate surface area is 180 Å². The number of urea groups is 1. The van der Waals surface area contributed by atoms with Crippen LogP contribution in [0.5, 0.6) is 0 Å². The van der Waals surface area contributed by atoms with Crippen molar-refractivity contribution in [3.63, 3.8) is 0 Å². The van der Waals surface area contributed by atoms with Crippen LogP contribution in [0.2, 0.25) is 0 Å². The Morgan fingerprint density at radius 3 is 2.43 bits per heavy atom. The number of carbonyl (C=O) groups is 2. The van der Waals surface area contributed by atoms with Crippen molar-refractivity contribution in [2.75, 3.05) is 5.75 Å². The van der Waals surface area contributed by atoms with Crippen molar-refractivity contribution < 1.29 is 9.59 Å². The van der Waals surface area contributed by atoms with Crippen LogP contribution in [0.4, 0.5) is 4.79 Å². The Bertz CT molecular complexity index is 1000. The van der Waals surface area contributed by atoms with E-state index in [0.717, 1.165) is 34.8 Å². The summed E-state index contributed by atoms with van der Waals surface area (Å²) >= 11 is 1.56. The maximum Gasteiger partial charge on any atom is 0.321 e. The predicted molar refractivity (Wildman–Crippen MR) is 118 cm³/mol. The highest BCUT2D eigenvalue weighted by Crippen LogP contribution is 2.41. The lowest BCUT2D eigenvalue weighted by Crippen LogP contribution is -2.39. The summed E-state index contributed by atoms with van der Waals surface area (Å²) < 4.78 is 2.28. The van der Waals surface area contributed by atoms with Gasteiger partial charge >= 0.3 is 6.03 Å². The monoisotopic (exact) mass is 420 g/mol. The minimum atomic E-state index is -0.473. The Hall–Kier alpha value is -3.06. The molecule has 6 nitrogen and oxygen atoms in total. The van der Waals surface area contributed by atoms with Crippen LogP contribution >= 0.6 is 11.8 Å². The van der Waals surface area contributed by atoms with Gasteiger partial charge in [-0.15, -0.1) is 0 Å². The van der Waals surface area contributed by atoms with Gasteiger partial charge in [0.05, 0.1) is 11.9 Å². The van der Waals surface area contributed by atoms with Crippen molar-refractivity contribution in [2.45, 2.75) is 37.0 Å². The molecular formula is C23H24N4O2S. The fourth-order valence-corrected chi connectivity index (χ4v) is 4.19. The third kappa shape index (κ3) is 5.30. The quantitative estimate of drug-likeness (QED) is 0.530. The predicted octanol–water partition coefficient (Wildman–Crippen LogP) is 4.39. The maximum absolute atomic E-state index is 12.1. The molecule has 154 valence electrons. The zero-order chi connectivity index (χ0) is 20.8. The van der Waals surface area contributed by atoms with Crippen molar-refractivity contribution in [3.05, 3.63) is 72.4 Å². The molecule has 0 spiro atoms. The van der Waals surface area contributed by atoms with Gasteiger partial charge in [0.2, 0.25) is 5.91 Å². The molecule has 1 heterocycles. The van der Waals surface area contributed by atoms with Crippen LogP contribution in [0.15, 0.2) is 72.0 Å². The van der Waals surface area contributed by atoms with Gasteiger partial charge in [-0.05, 0) is 24.0 Å². The zero-order valence-corrected chi connectivity index (χ0v) is 17.4. The fourth-order valence-electron chi connectivity index (χ4n) is 3.21. The Morgan fingerprint density at radius 1 is 1.03 bits per heavy atom. The first-order valence-electron chi connectivity index (χ1n) is 10.1. The van der Waals surface area contributed by atoms with Crippen LogP contribution in [-0.2, 0) is 11.3 Å². The molecule has 0 radical (unpaired) electrons. The number of rotatable bonds is 8. The van der Waals surface area contributed by atoms with Gasteiger partial charge in [0.15, 0.2) is 5.16 Å². The lowest BCUT2D eigenvalue weighted by Gasteiger charge is -2.11. The number of aromatic nitrogens is 2. The zero-order valence-electron chi connectivity index (χ0n) is 16.6. The molecule has 1 fully saturated rings. The third-order valence-electron chi connectivity index (χ3n) is 4.85. The first-order valence-corrected chi connectivity index (χ1v) is 11.1. The number of nitrogens with zero attached hydrogens (tertiary/aromatic N) is 2. The SMILES string of the molecule is O=C(CCSc1ncc(-c2ccccc2)n1C1CC1)NC(=O)NCc1ccccc1. The molecule has 3 aromatic rings. The number of thioether (sulfide) groups is 1. The van der Waals surface area contributed by atoms with Gasteiger partial charge < -0.3 is 9.88 Å². The second kappa shape index (κ2) is 9.63. The van der Waals surface area contributed by atoms with Crippen molar-refractivity contribution in [1.82, 2.24) is 20.2 Å². The van der Waals surface area contributed by atoms with E-state index in [1.807, 2.05) is 54.7 Å². The molecule has 7 heteroatoms. The van der Waals surface area contributed by atoms with Crippen LogP contribution in [0, 0.1) is 0 Å². The number of benzene rings is 2. The largest absolute Gasteiger partial charge is 0.334 e. The Balaban J connectivity index is 1.27. The molecule has 0 saturated heterocycles. The van der Waals surface area contributed by atoms with E-state index >= 15 is 0 Å². The summed E-state index contributed by atoms with van der Waals surface area (Å²) in [6.45, 7) is 0.385. The number of imidazole rings is 1. The van der Waals surface area contributed by atoms with Gasteiger partial charge in [0.25, 0.3) is 0 Å². The summed E-state index contributed by atoms with van der Waals surface area (Å²) in [5, 5.41) is 6.01. The summed E-state index contributed by atoms with van der Waals surface area (Å²) in [6, 6.07) is 19.8. The molecule has 0 atom stereocenters. The second-order valence-corrected chi connectivity index (χ2v) is 8.27. The van der Waals surface area contributed by atoms with Crippen LogP contribution in [0.3, 0.4) is 0 Å². The molecule has 1 saturated carbocycles. The summed E-state index contributed by atoms with van der Waals surface area (Å²) in [4.78, 5) is 28.6. The van der Waals surface area contributed by atoms with Gasteiger partial charge in [0.1, 0.15) is 0 Å². The van der Waals surface area contributed by atoms with E-state index in [4.69, 9.17) is 0 Å². The summed E-state index contributed by atoms with van der Waals surface area (Å²) in [5.41, 5.74) is 3.25. The average Bonchev–Trinajstić information content (AvgIpc) is 3.53. The average molecular weight is 421 g/mol. The maximum atomic E-state index is 12.1. The summed E-state index contributed by atoms with van der Waals surface area (Å²) in [6.07, 6.45) is 4.48. The van der Waals surface area contributed by atoms with Gasteiger partial charge in [-0.3, -0.25) is 10.1 Å². The van der Waals surface area contributed by atoms with Crippen LogP contribution < -0.4 is 10.6 Å². The van der Waals surface area contributed by atoms with E-state index in [2.05, 4.69) is 32.3 Å². The molecule has 2 aromatic carbocycles. The van der Waals surface area contributed by atoms with Crippen LogP contribution in [0.1, 0.15) is 30.9 Å². The molecule has 2 N–H and O–H groups in total. The number of hydrogen-bond acceptors (Lipinski definition) is 4. The van der Waals surface area contributed by atoms with E-state index in [-0.39, 0.29) is 12.3 Å². The molecule has 1 aliphatic rings. The molecule has 0 aliphatic heterocycles. The van der Waals surface area contributed by atoms with E-state index in [1.165, 1.54) is 0 Å². The molecule has 30 heavy (non-hydrogen) atoms. The highest BCUT2D eigenvalue weighted by Gasteiger charge is 2.29. The second-order valence-electron chi connectivity index (χ2n) is 7.21. The Kier molecular flexibility index (Phi) is 6.49. The highest BCUT2D eigenvalue weighted by atomic mass is 32.2. The third-order valence-corrected chi connectivity index (χ3v) is 5.82. The fraction of sp³-hybridized carbons (Fsp3) is 0.261. The van der Waals surface area contributed by atoms with Gasteiger partial charge in [-0.2, -0.15) is 0 Å². The van der Waals surface area contributed by atoms with Gasteiger partial charge in [0, 0.05) is 24.8 Å². The van der Waals surface area contributed by atoms with E-state index in [9.17, 15) is 9.59 Å². The van der Waals surface area contributed by atoms with Crippen LogP contribution in [0.25, 0.3) is 11.3 Å². The van der Waals surface area contributed by atoms with Crippen molar-refractivity contribution in [2.24, 2.45) is 0 Å². The molecule has 0 bridgehead atoms. The summed E-state index contributed by atoms with van der Waals surface area (Å²) in [5.74, 6) is 0.274. The Morgan fingerprint density at radius 2 is 1.73 bits per heavy atom. The molecule has 1 aromatic heterocycles. The first kappa shape index (κ1) is 20.2. The molecule has 4 rings (SSSR count). The first-order chi connectivity index (χ1) is 14.7. The molecule has 0 unspecified atom stereocenters. The van der Waals surface area contributed by atoms with E-state index in [0.29, 0.717) is 18.3 Å². The van der Waals surface area contributed by atoms with E-state index < -0.39 is 6.03 Å². The minimum Gasteiger partial charge on any atom is -0.334 e. The summed E-state index contributed by atoms with van der Waals surface area (Å²) in [7, 11) is 0. The number of amides is 3. The standard InChI is InChI=1S/C23H24N4O2S/c28-21(26-22(29)24-15-17-7-3-1-4-8-17)13-14-30-23-25-16-20(27(23)19-11-12-19)18-9-5-2-6-10-18/h1-10,16,19H,11-15H2,(H2,24,26,28,29). The van der Waals surface area contributed by atoms with E-state index in [1.54, 1.807) is 11.8 Å². The topological polar surface area (TPSA) is 76.0 Å². The molecule has 3 amide bonds. The van der Waals surface area contributed by atoms with Crippen molar-refractivity contribution >= 4 is 23.7 Å². The molecular weight excluding hydrogens is 396 g/mol. The normalized spacial score (nSPS) is 13.1. The minimum absolute atomic E-state index is 0.252.